The summed E-state index contributed by atoms with van der Waals surface area (Å²) >= 11 is 0. The van der Waals surface area contributed by atoms with Gasteiger partial charge in [-0.2, -0.15) is 0 Å². The molecule has 2 amide bonds. The Morgan fingerprint density at radius 3 is 2.21 bits per heavy atom. The molecule has 0 spiro atoms. The number of hydrogen-bond donors (Lipinski definition) is 0. The van der Waals surface area contributed by atoms with Crippen LogP contribution in [0, 0.1) is 0 Å². The Labute approximate surface area is 199 Å². The highest BCUT2D eigenvalue weighted by atomic mass is 16.6. The molecule has 3 aliphatic heterocycles. The van der Waals surface area contributed by atoms with E-state index in [2.05, 4.69) is 4.90 Å². The molecule has 4 rings (SSSR count). The largest absolute Gasteiger partial charge is 0.494 e. The summed E-state index contributed by atoms with van der Waals surface area (Å²) in [5.41, 5.74) is 0.160. The van der Waals surface area contributed by atoms with Crippen molar-refractivity contribution in [2.24, 2.45) is 0 Å². The number of benzene rings is 1. The van der Waals surface area contributed by atoms with E-state index in [1.54, 1.807) is 4.90 Å². The number of carbonyl (C=O) groups is 2. The molecule has 33 heavy (non-hydrogen) atoms. The first-order valence-electron chi connectivity index (χ1n) is 12.1. The van der Waals surface area contributed by atoms with E-state index in [0.29, 0.717) is 25.3 Å². The molecule has 3 fully saturated rings. The summed E-state index contributed by atoms with van der Waals surface area (Å²) in [6.45, 7) is 10.9. The Morgan fingerprint density at radius 2 is 1.61 bits per heavy atom. The van der Waals surface area contributed by atoms with Crippen molar-refractivity contribution in [3.05, 3.63) is 29.8 Å². The molecule has 0 saturated carbocycles. The number of likely N-dealkylation sites (tertiary alicyclic amines) is 3. The van der Waals surface area contributed by atoms with Crippen LogP contribution >= 0.6 is 0 Å². The molecule has 3 aliphatic rings. The fourth-order valence-electron chi connectivity index (χ4n) is 4.98. The van der Waals surface area contributed by atoms with Crippen LogP contribution in [0.15, 0.2) is 24.3 Å². The number of ether oxygens (including phenoxy) is 2. The SMILES string of the molecule is C.CC(C)(C)OC(=O)N1CC2C[C@H]1CN2C(=O)c1ccc(OCCCN2CCCCC2)cc1. The summed E-state index contributed by atoms with van der Waals surface area (Å²) in [5, 5.41) is 0. The molecule has 2 atom stereocenters. The maximum Gasteiger partial charge on any atom is 0.410 e. The molecule has 0 radical (unpaired) electrons. The first-order valence-corrected chi connectivity index (χ1v) is 12.1. The predicted octanol–water partition coefficient (Wildman–Crippen LogP) is 4.41. The van der Waals surface area contributed by atoms with E-state index < -0.39 is 5.60 Å². The van der Waals surface area contributed by atoms with Crippen molar-refractivity contribution < 1.29 is 19.1 Å². The van der Waals surface area contributed by atoms with Crippen molar-refractivity contribution >= 4 is 12.0 Å². The Morgan fingerprint density at radius 1 is 0.970 bits per heavy atom. The van der Waals surface area contributed by atoms with Gasteiger partial charge in [-0.25, -0.2) is 4.79 Å². The van der Waals surface area contributed by atoms with E-state index in [4.69, 9.17) is 9.47 Å². The van der Waals surface area contributed by atoms with Gasteiger partial charge in [-0.15, -0.1) is 0 Å². The van der Waals surface area contributed by atoms with Crippen LogP contribution in [-0.2, 0) is 4.74 Å². The minimum absolute atomic E-state index is 0. The van der Waals surface area contributed by atoms with Crippen LogP contribution in [0.2, 0.25) is 0 Å². The number of nitrogens with zero attached hydrogens (tertiary/aromatic N) is 3. The van der Waals surface area contributed by atoms with Gasteiger partial charge in [0.15, 0.2) is 0 Å². The number of fused-ring (bicyclic) bond motifs is 2. The van der Waals surface area contributed by atoms with Crippen molar-refractivity contribution in [2.75, 3.05) is 39.3 Å². The lowest BCUT2D eigenvalue weighted by molar-refractivity contribution is 0.0126. The van der Waals surface area contributed by atoms with E-state index >= 15 is 0 Å². The van der Waals surface area contributed by atoms with Crippen LogP contribution in [0.3, 0.4) is 0 Å². The van der Waals surface area contributed by atoms with Crippen molar-refractivity contribution in [1.29, 1.82) is 0 Å². The van der Waals surface area contributed by atoms with Gasteiger partial charge in [-0.05, 0) is 83.8 Å². The van der Waals surface area contributed by atoms with Crippen LogP contribution in [0.5, 0.6) is 5.75 Å². The molecule has 0 aliphatic carbocycles. The second-order valence-corrected chi connectivity index (χ2v) is 10.3. The summed E-state index contributed by atoms with van der Waals surface area (Å²) < 4.78 is 11.4. The quantitative estimate of drug-likeness (QED) is 0.590. The van der Waals surface area contributed by atoms with Crippen molar-refractivity contribution in [2.45, 2.75) is 78.0 Å². The lowest BCUT2D eigenvalue weighted by Crippen LogP contribution is -2.51. The zero-order chi connectivity index (χ0) is 22.7. The minimum atomic E-state index is -0.508. The average molecular weight is 460 g/mol. The summed E-state index contributed by atoms with van der Waals surface area (Å²) in [5.74, 6) is 0.831. The molecule has 7 nitrogen and oxygen atoms in total. The van der Waals surface area contributed by atoms with E-state index in [9.17, 15) is 9.59 Å². The van der Waals surface area contributed by atoms with Gasteiger partial charge >= 0.3 is 6.09 Å². The van der Waals surface area contributed by atoms with Gasteiger partial charge in [-0.3, -0.25) is 4.79 Å². The molecule has 0 N–H and O–H groups in total. The minimum Gasteiger partial charge on any atom is -0.494 e. The summed E-state index contributed by atoms with van der Waals surface area (Å²) in [7, 11) is 0. The molecule has 184 valence electrons. The Balaban J connectivity index is 0.00000306. The van der Waals surface area contributed by atoms with Gasteiger partial charge in [0.25, 0.3) is 5.91 Å². The van der Waals surface area contributed by atoms with Crippen LogP contribution in [0.1, 0.15) is 70.7 Å². The monoisotopic (exact) mass is 459 g/mol. The summed E-state index contributed by atoms with van der Waals surface area (Å²) in [4.78, 5) is 31.6. The second kappa shape index (κ2) is 10.8. The average Bonchev–Trinajstić information content (AvgIpc) is 3.37. The van der Waals surface area contributed by atoms with E-state index in [0.717, 1.165) is 25.1 Å². The number of carbonyl (C=O) groups excluding carboxylic acids is 2. The van der Waals surface area contributed by atoms with E-state index in [1.807, 2.05) is 49.9 Å². The Kier molecular flexibility index (Phi) is 8.27. The normalized spacial score (nSPS) is 22.8. The molecule has 2 bridgehead atoms. The summed E-state index contributed by atoms with van der Waals surface area (Å²) in [6, 6.07) is 7.57. The van der Waals surface area contributed by atoms with Gasteiger partial charge in [0, 0.05) is 25.2 Å². The first kappa shape index (κ1) is 25.3. The number of rotatable bonds is 6. The van der Waals surface area contributed by atoms with Crippen molar-refractivity contribution in [3.63, 3.8) is 0 Å². The number of hydrogen-bond acceptors (Lipinski definition) is 5. The standard InChI is InChI=1S/C25H37N3O4.CH4/c1-25(2,3)32-24(30)28-18-20-16-21(28)17-27(20)23(29)19-8-10-22(11-9-19)31-15-7-14-26-12-5-4-6-13-26;/h8-11,20-21H,4-7,12-18H2,1-3H3;1H4/t20?,21-;/m0./s1. The Hall–Kier alpha value is -2.28. The highest BCUT2D eigenvalue weighted by molar-refractivity contribution is 5.95. The van der Waals surface area contributed by atoms with Crippen molar-refractivity contribution in [1.82, 2.24) is 14.7 Å². The van der Waals surface area contributed by atoms with Crippen LogP contribution in [-0.4, -0.2) is 83.7 Å². The van der Waals surface area contributed by atoms with Crippen LogP contribution < -0.4 is 4.74 Å². The van der Waals surface area contributed by atoms with Gasteiger partial charge in [0.1, 0.15) is 11.4 Å². The van der Waals surface area contributed by atoms with Crippen LogP contribution in [0.4, 0.5) is 4.79 Å². The smallest absolute Gasteiger partial charge is 0.410 e. The zero-order valence-electron chi connectivity index (χ0n) is 19.7. The number of amides is 2. The third kappa shape index (κ3) is 6.40. The first-order chi connectivity index (χ1) is 15.3. The zero-order valence-corrected chi connectivity index (χ0v) is 19.7. The third-order valence-electron chi connectivity index (χ3n) is 6.57. The number of piperazine rings is 1. The number of piperidine rings is 1. The molecule has 1 unspecified atom stereocenters. The predicted molar refractivity (Wildman–Crippen MR) is 130 cm³/mol. The maximum atomic E-state index is 13.0. The maximum absolute atomic E-state index is 13.0. The molecular formula is C26H41N3O4. The van der Waals surface area contributed by atoms with Crippen molar-refractivity contribution in [3.8, 4) is 5.75 Å². The molecule has 0 aromatic heterocycles. The molecule has 7 heteroatoms. The lowest BCUT2D eigenvalue weighted by Gasteiger charge is -2.35. The molecule has 1 aromatic carbocycles. The lowest BCUT2D eigenvalue weighted by atomic mass is 10.1. The molecule has 3 heterocycles. The third-order valence-corrected chi connectivity index (χ3v) is 6.57. The Bertz CT molecular complexity index is 799. The van der Waals surface area contributed by atoms with E-state index in [-0.39, 0.29) is 31.5 Å². The van der Waals surface area contributed by atoms with Gasteiger partial charge in [0.2, 0.25) is 0 Å². The van der Waals surface area contributed by atoms with Gasteiger partial charge < -0.3 is 24.2 Å². The van der Waals surface area contributed by atoms with E-state index in [1.165, 1.54) is 32.4 Å². The second-order valence-electron chi connectivity index (χ2n) is 10.3. The molecule has 3 saturated heterocycles. The molecule has 1 aromatic rings. The fraction of sp³-hybridized carbons (Fsp3) is 0.692. The fourth-order valence-corrected chi connectivity index (χ4v) is 4.98. The summed E-state index contributed by atoms with van der Waals surface area (Å²) in [6.07, 6.45) is 5.55. The van der Waals surface area contributed by atoms with Gasteiger partial charge in [-0.1, -0.05) is 13.8 Å². The highest BCUT2D eigenvalue weighted by Gasteiger charge is 2.48. The molecular weight excluding hydrogens is 418 g/mol. The van der Waals surface area contributed by atoms with Crippen LogP contribution in [0.25, 0.3) is 0 Å². The topological polar surface area (TPSA) is 62.3 Å². The highest BCUT2D eigenvalue weighted by Crippen LogP contribution is 2.33. The van der Waals surface area contributed by atoms with Gasteiger partial charge in [0.05, 0.1) is 18.7 Å².